The van der Waals surface area contributed by atoms with Gasteiger partial charge in [0.25, 0.3) is 0 Å². The first-order valence-corrected chi connectivity index (χ1v) is 9.77. The van der Waals surface area contributed by atoms with Crippen LogP contribution in [-0.4, -0.2) is 4.98 Å². The molecule has 0 atom stereocenters. The molecule has 0 unspecified atom stereocenters. The molecule has 6 heteroatoms. The van der Waals surface area contributed by atoms with Gasteiger partial charge in [0.1, 0.15) is 11.4 Å². The first-order chi connectivity index (χ1) is 13.2. The van der Waals surface area contributed by atoms with Gasteiger partial charge in [-0.05, 0) is 36.4 Å². The predicted molar refractivity (Wildman–Crippen MR) is 114 cm³/mol. The van der Waals surface area contributed by atoms with Crippen molar-refractivity contribution in [1.29, 1.82) is 0 Å². The van der Waals surface area contributed by atoms with Crippen LogP contribution < -0.4 is 10.1 Å². The zero-order chi connectivity index (χ0) is 18.6. The Kier molecular flexibility index (Phi) is 5.30. The molecule has 4 rings (SSSR count). The summed E-state index contributed by atoms with van der Waals surface area (Å²) in [4.78, 5) is 4.73. The molecule has 3 aromatic carbocycles. The second-order valence-corrected chi connectivity index (χ2v) is 7.49. The molecule has 0 aliphatic rings. The molecule has 0 aliphatic carbocycles. The Labute approximate surface area is 171 Å². The highest BCUT2D eigenvalue weighted by molar-refractivity contribution is 7.18. The van der Waals surface area contributed by atoms with Crippen LogP contribution in [0.5, 0.6) is 10.8 Å². The maximum absolute atomic E-state index is 6.25. The second kappa shape index (κ2) is 8.01. The normalized spacial score (nSPS) is 10.6. The van der Waals surface area contributed by atoms with Gasteiger partial charge in [-0.25, -0.2) is 4.98 Å². The summed E-state index contributed by atoms with van der Waals surface area (Å²) in [5.41, 5.74) is 2.54. The van der Waals surface area contributed by atoms with Gasteiger partial charge in [-0.15, -0.1) is 0 Å². The fourth-order valence-electron chi connectivity index (χ4n) is 2.49. The van der Waals surface area contributed by atoms with E-state index in [0.717, 1.165) is 16.9 Å². The number of nitrogens with one attached hydrogen (secondary N) is 1. The van der Waals surface area contributed by atoms with E-state index in [0.29, 0.717) is 26.0 Å². The lowest BCUT2D eigenvalue weighted by Gasteiger charge is -2.05. The summed E-state index contributed by atoms with van der Waals surface area (Å²) in [6, 6.07) is 24.7. The molecule has 0 bridgehead atoms. The van der Waals surface area contributed by atoms with Crippen molar-refractivity contribution >= 4 is 45.4 Å². The van der Waals surface area contributed by atoms with Gasteiger partial charge >= 0.3 is 0 Å². The Morgan fingerprint density at radius 2 is 1.52 bits per heavy atom. The Hall–Kier alpha value is -2.53. The summed E-state index contributed by atoms with van der Waals surface area (Å²) in [5.74, 6) is 0.699. The van der Waals surface area contributed by atoms with E-state index in [1.54, 1.807) is 12.1 Å². The number of ether oxygens (including phenoxy) is 1. The number of anilines is 2. The van der Waals surface area contributed by atoms with Crippen molar-refractivity contribution in [3.8, 4) is 22.1 Å². The molecule has 27 heavy (non-hydrogen) atoms. The smallest absolute Gasteiger partial charge is 0.210 e. The van der Waals surface area contributed by atoms with Crippen molar-refractivity contribution in [2.24, 2.45) is 0 Å². The van der Waals surface area contributed by atoms with Crippen LogP contribution >= 0.6 is 34.5 Å². The molecule has 0 saturated carbocycles. The minimum atomic E-state index is 0.633. The number of halogens is 2. The van der Waals surface area contributed by atoms with E-state index in [9.17, 15) is 0 Å². The van der Waals surface area contributed by atoms with E-state index in [1.807, 2.05) is 66.7 Å². The molecule has 0 fully saturated rings. The standard InChI is InChI=1S/C21H14Cl2N2OS/c22-15-10-12-16(13-11-15)26-20-19(14-6-2-1-3-7-14)25-21(27-20)24-18-9-5-4-8-17(18)23/h1-13H,(H,24,25). The molecule has 4 aromatic rings. The number of para-hydroxylation sites is 1. The Morgan fingerprint density at radius 3 is 2.26 bits per heavy atom. The molecule has 1 heterocycles. The lowest BCUT2D eigenvalue weighted by atomic mass is 10.2. The molecule has 3 nitrogen and oxygen atoms in total. The highest BCUT2D eigenvalue weighted by Crippen LogP contribution is 2.42. The molecule has 0 radical (unpaired) electrons. The Balaban J connectivity index is 1.70. The van der Waals surface area contributed by atoms with Crippen molar-refractivity contribution < 1.29 is 4.74 Å². The van der Waals surface area contributed by atoms with Gasteiger partial charge in [0.15, 0.2) is 5.13 Å². The lowest BCUT2D eigenvalue weighted by Crippen LogP contribution is -1.90. The monoisotopic (exact) mass is 412 g/mol. The van der Waals surface area contributed by atoms with E-state index in [1.165, 1.54) is 11.3 Å². The number of aromatic nitrogens is 1. The highest BCUT2D eigenvalue weighted by Gasteiger charge is 2.16. The maximum atomic E-state index is 6.25. The van der Waals surface area contributed by atoms with Crippen molar-refractivity contribution in [1.82, 2.24) is 4.98 Å². The van der Waals surface area contributed by atoms with Gasteiger partial charge in [-0.2, -0.15) is 0 Å². The summed E-state index contributed by atoms with van der Waals surface area (Å²) < 4.78 is 6.09. The molecule has 0 saturated heterocycles. The van der Waals surface area contributed by atoms with Crippen LogP contribution in [0.15, 0.2) is 78.9 Å². The third-order valence-electron chi connectivity index (χ3n) is 3.78. The SMILES string of the molecule is Clc1ccc(Oc2sc(Nc3ccccc3Cl)nc2-c2ccccc2)cc1. The van der Waals surface area contributed by atoms with Crippen molar-refractivity contribution in [3.05, 3.63) is 88.9 Å². The van der Waals surface area contributed by atoms with Crippen molar-refractivity contribution in [2.75, 3.05) is 5.32 Å². The van der Waals surface area contributed by atoms with E-state index < -0.39 is 0 Å². The summed E-state index contributed by atoms with van der Waals surface area (Å²) >= 11 is 13.6. The molecule has 0 aliphatic heterocycles. The van der Waals surface area contributed by atoms with Gasteiger partial charge in [-0.1, -0.05) is 77.0 Å². The van der Waals surface area contributed by atoms with Gasteiger partial charge in [0.05, 0.1) is 10.7 Å². The average Bonchev–Trinajstić information content (AvgIpc) is 3.08. The highest BCUT2D eigenvalue weighted by atomic mass is 35.5. The van der Waals surface area contributed by atoms with E-state index in [4.69, 9.17) is 32.9 Å². The van der Waals surface area contributed by atoms with Gasteiger partial charge in [0.2, 0.25) is 5.06 Å². The summed E-state index contributed by atoms with van der Waals surface area (Å²) in [6.45, 7) is 0. The predicted octanol–water partition coefficient (Wildman–Crippen LogP) is 7.65. The van der Waals surface area contributed by atoms with Crippen LogP contribution in [0.4, 0.5) is 10.8 Å². The van der Waals surface area contributed by atoms with Crippen LogP contribution in [0.3, 0.4) is 0 Å². The van der Waals surface area contributed by atoms with Crippen LogP contribution in [-0.2, 0) is 0 Å². The van der Waals surface area contributed by atoms with E-state index in [-0.39, 0.29) is 0 Å². The van der Waals surface area contributed by atoms with Crippen molar-refractivity contribution in [2.45, 2.75) is 0 Å². The van der Waals surface area contributed by atoms with E-state index >= 15 is 0 Å². The van der Waals surface area contributed by atoms with E-state index in [2.05, 4.69) is 5.32 Å². The number of hydrogen-bond donors (Lipinski definition) is 1. The fraction of sp³-hybridized carbons (Fsp3) is 0. The molecule has 134 valence electrons. The average molecular weight is 413 g/mol. The first-order valence-electron chi connectivity index (χ1n) is 8.20. The minimum Gasteiger partial charge on any atom is -0.444 e. The topological polar surface area (TPSA) is 34.1 Å². The zero-order valence-corrected chi connectivity index (χ0v) is 16.4. The molecule has 1 aromatic heterocycles. The maximum Gasteiger partial charge on any atom is 0.210 e. The fourth-order valence-corrected chi connectivity index (χ4v) is 3.68. The number of benzene rings is 3. The Bertz CT molecular complexity index is 1050. The van der Waals surface area contributed by atoms with Crippen LogP contribution in [0.2, 0.25) is 10.0 Å². The summed E-state index contributed by atoms with van der Waals surface area (Å²) in [6.07, 6.45) is 0. The molecule has 1 N–H and O–H groups in total. The largest absolute Gasteiger partial charge is 0.444 e. The molecule has 0 spiro atoms. The molecular weight excluding hydrogens is 399 g/mol. The summed E-state index contributed by atoms with van der Waals surface area (Å²) in [5, 5.41) is 5.96. The number of thiazole rings is 1. The molecule has 0 amide bonds. The lowest BCUT2D eigenvalue weighted by molar-refractivity contribution is 0.497. The van der Waals surface area contributed by atoms with Crippen LogP contribution in [0.25, 0.3) is 11.3 Å². The van der Waals surface area contributed by atoms with Gasteiger partial charge in [0, 0.05) is 10.6 Å². The van der Waals surface area contributed by atoms with Crippen molar-refractivity contribution in [3.63, 3.8) is 0 Å². The zero-order valence-electron chi connectivity index (χ0n) is 14.0. The number of nitrogens with zero attached hydrogens (tertiary/aromatic N) is 1. The quantitative estimate of drug-likeness (QED) is 0.365. The second-order valence-electron chi connectivity index (χ2n) is 5.68. The summed E-state index contributed by atoms with van der Waals surface area (Å²) in [7, 11) is 0. The third kappa shape index (κ3) is 4.25. The Morgan fingerprint density at radius 1 is 0.815 bits per heavy atom. The third-order valence-corrected chi connectivity index (χ3v) is 5.21. The molecular formula is C21H14Cl2N2OS. The number of rotatable bonds is 5. The van der Waals surface area contributed by atoms with Gasteiger partial charge in [-0.3, -0.25) is 0 Å². The van der Waals surface area contributed by atoms with Crippen LogP contribution in [0, 0.1) is 0 Å². The van der Waals surface area contributed by atoms with Gasteiger partial charge < -0.3 is 10.1 Å². The van der Waals surface area contributed by atoms with Crippen LogP contribution in [0.1, 0.15) is 0 Å². The minimum absolute atomic E-state index is 0.633. The number of hydrogen-bond acceptors (Lipinski definition) is 4. The first kappa shape index (κ1) is 17.9.